The number of nitrogens with one attached hydrogen (secondary N) is 1. The smallest absolute Gasteiger partial charge is 0.244 e. The van der Waals surface area contributed by atoms with Crippen molar-refractivity contribution in [2.75, 3.05) is 19.6 Å². The van der Waals surface area contributed by atoms with Crippen molar-refractivity contribution in [1.82, 2.24) is 10.4 Å². The van der Waals surface area contributed by atoms with E-state index in [1.807, 2.05) is 13.8 Å². The second-order valence-electron chi connectivity index (χ2n) is 3.80. The average molecular weight is 202 g/mol. The highest BCUT2D eigenvalue weighted by Gasteiger charge is 2.21. The largest absolute Gasteiger partial charge is 0.373 e. The van der Waals surface area contributed by atoms with E-state index < -0.39 is 0 Å². The maximum Gasteiger partial charge on any atom is 0.244 e. The molecule has 5 heteroatoms. The van der Waals surface area contributed by atoms with Gasteiger partial charge in [-0.05, 0) is 13.8 Å². The highest BCUT2D eigenvalue weighted by atomic mass is 16.5. The van der Waals surface area contributed by atoms with E-state index in [-0.39, 0.29) is 18.1 Å². The molecule has 1 rings (SSSR count). The minimum Gasteiger partial charge on any atom is -0.373 e. The number of carbonyl (C=O) groups excluding carboxylic acids is 1. The molecule has 0 aromatic carbocycles. The van der Waals surface area contributed by atoms with Gasteiger partial charge in [-0.25, -0.2) is 5.48 Å². The lowest BCUT2D eigenvalue weighted by atomic mass is 10.2. The van der Waals surface area contributed by atoms with E-state index in [1.165, 1.54) is 0 Å². The molecule has 1 aliphatic rings. The third kappa shape index (κ3) is 3.61. The van der Waals surface area contributed by atoms with E-state index in [9.17, 15) is 4.79 Å². The molecule has 0 saturated carbocycles. The lowest BCUT2D eigenvalue weighted by Crippen LogP contribution is -2.46. The molecule has 1 aliphatic heterocycles. The summed E-state index contributed by atoms with van der Waals surface area (Å²) in [5, 5.41) is 8.33. The summed E-state index contributed by atoms with van der Waals surface area (Å²) in [6, 6.07) is 0. The van der Waals surface area contributed by atoms with Crippen LogP contribution in [0.25, 0.3) is 0 Å². The Morgan fingerprint density at radius 3 is 2.57 bits per heavy atom. The summed E-state index contributed by atoms with van der Waals surface area (Å²) in [7, 11) is 0. The highest BCUT2D eigenvalue weighted by Crippen LogP contribution is 2.10. The van der Waals surface area contributed by atoms with E-state index in [2.05, 4.69) is 4.90 Å². The molecule has 0 aromatic rings. The van der Waals surface area contributed by atoms with Crippen molar-refractivity contribution in [3.05, 3.63) is 0 Å². The predicted octanol–water partition coefficient (Wildman–Crippen LogP) is -0.00890. The van der Waals surface area contributed by atoms with E-state index in [4.69, 9.17) is 9.94 Å². The number of amides is 1. The number of rotatable bonds is 3. The number of nitrogens with zero attached hydrogens (tertiary/aromatic N) is 1. The molecule has 14 heavy (non-hydrogen) atoms. The molecule has 1 fully saturated rings. The minimum atomic E-state index is -0.336. The van der Waals surface area contributed by atoms with Crippen molar-refractivity contribution in [1.29, 1.82) is 0 Å². The van der Waals surface area contributed by atoms with Crippen LogP contribution < -0.4 is 5.48 Å². The van der Waals surface area contributed by atoms with Gasteiger partial charge in [-0.3, -0.25) is 14.9 Å². The lowest BCUT2D eigenvalue weighted by molar-refractivity contribution is -0.130. The second-order valence-corrected chi connectivity index (χ2v) is 3.80. The molecular weight excluding hydrogens is 184 g/mol. The van der Waals surface area contributed by atoms with Crippen molar-refractivity contribution in [3.8, 4) is 0 Å². The Kier molecular flexibility index (Phi) is 4.31. The van der Waals surface area contributed by atoms with E-state index in [0.29, 0.717) is 13.0 Å². The number of hydrogen-bond acceptors (Lipinski definition) is 4. The van der Waals surface area contributed by atoms with Crippen molar-refractivity contribution < 1.29 is 14.7 Å². The molecule has 5 nitrogen and oxygen atoms in total. The fraction of sp³-hybridized carbons (Fsp3) is 0.889. The predicted molar refractivity (Wildman–Crippen MR) is 51.0 cm³/mol. The molecular formula is C9H18N2O3. The molecule has 0 unspecified atom stereocenters. The summed E-state index contributed by atoms with van der Waals surface area (Å²) >= 11 is 0. The van der Waals surface area contributed by atoms with Gasteiger partial charge in [0, 0.05) is 26.1 Å². The summed E-state index contributed by atoms with van der Waals surface area (Å²) in [6.45, 7) is 6.42. The fourth-order valence-corrected chi connectivity index (χ4v) is 1.78. The first kappa shape index (κ1) is 11.4. The van der Waals surface area contributed by atoms with E-state index in [1.54, 1.807) is 5.48 Å². The molecule has 1 heterocycles. The zero-order chi connectivity index (χ0) is 10.6. The van der Waals surface area contributed by atoms with Gasteiger partial charge >= 0.3 is 0 Å². The van der Waals surface area contributed by atoms with Crippen LogP contribution >= 0.6 is 0 Å². The standard InChI is InChI=1S/C9H18N2O3/c1-7-5-11(6-8(2)14-7)4-3-9(12)10-13/h7-8,13H,3-6H2,1-2H3,(H,10,12)/t7-,8+. The Bertz CT molecular complexity index is 188. The lowest BCUT2D eigenvalue weighted by Gasteiger charge is -2.35. The summed E-state index contributed by atoms with van der Waals surface area (Å²) < 4.78 is 5.56. The normalized spacial score (nSPS) is 28.8. The van der Waals surface area contributed by atoms with Crippen LogP contribution in [0.5, 0.6) is 0 Å². The monoisotopic (exact) mass is 202 g/mol. The fourth-order valence-electron chi connectivity index (χ4n) is 1.78. The van der Waals surface area contributed by atoms with Gasteiger partial charge in [-0.1, -0.05) is 0 Å². The van der Waals surface area contributed by atoms with Crippen LogP contribution in [0.1, 0.15) is 20.3 Å². The molecule has 0 spiro atoms. The number of carbonyl (C=O) groups is 1. The number of morpholine rings is 1. The summed E-state index contributed by atoms with van der Waals surface area (Å²) in [5.41, 5.74) is 1.63. The Labute approximate surface area is 84.0 Å². The van der Waals surface area contributed by atoms with Gasteiger partial charge in [0.2, 0.25) is 5.91 Å². The zero-order valence-corrected chi connectivity index (χ0v) is 8.69. The summed E-state index contributed by atoms with van der Waals surface area (Å²) in [5.74, 6) is -0.336. The summed E-state index contributed by atoms with van der Waals surface area (Å²) in [6.07, 6.45) is 0.766. The molecule has 82 valence electrons. The Morgan fingerprint density at radius 2 is 2.07 bits per heavy atom. The maximum atomic E-state index is 10.8. The molecule has 1 amide bonds. The van der Waals surface area contributed by atoms with Crippen LogP contribution in [-0.2, 0) is 9.53 Å². The summed E-state index contributed by atoms with van der Waals surface area (Å²) in [4.78, 5) is 13.0. The molecule has 2 N–H and O–H groups in total. The Balaban J connectivity index is 2.26. The van der Waals surface area contributed by atoms with Crippen molar-refractivity contribution in [2.45, 2.75) is 32.5 Å². The van der Waals surface area contributed by atoms with Crippen LogP contribution in [0.3, 0.4) is 0 Å². The number of ether oxygens (including phenoxy) is 1. The van der Waals surface area contributed by atoms with Crippen molar-refractivity contribution >= 4 is 5.91 Å². The van der Waals surface area contributed by atoms with Crippen LogP contribution in [0.2, 0.25) is 0 Å². The SMILES string of the molecule is C[C@@H]1CN(CCC(=O)NO)C[C@H](C)O1. The molecule has 2 atom stereocenters. The third-order valence-corrected chi connectivity index (χ3v) is 2.28. The van der Waals surface area contributed by atoms with Crippen LogP contribution in [0.15, 0.2) is 0 Å². The van der Waals surface area contributed by atoms with Gasteiger partial charge in [0.15, 0.2) is 0 Å². The highest BCUT2D eigenvalue weighted by molar-refractivity contribution is 5.74. The Morgan fingerprint density at radius 1 is 1.50 bits per heavy atom. The van der Waals surface area contributed by atoms with Crippen LogP contribution in [0, 0.1) is 0 Å². The quantitative estimate of drug-likeness (QED) is 0.499. The average Bonchev–Trinajstić information content (AvgIpc) is 2.12. The molecule has 0 aliphatic carbocycles. The van der Waals surface area contributed by atoms with Gasteiger partial charge in [0.1, 0.15) is 0 Å². The van der Waals surface area contributed by atoms with Crippen LogP contribution in [-0.4, -0.2) is 47.9 Å². The third-order valence-electron chi connectivity index (χ3n) is 2.28. The van der Waals surface area contributed by atoms with Gasteiger partial charge in [0.05, 0.1) is 12.2 Å². The topological polar surface area (TPSA) is 61.8 Å². The molecule has 1 saturated heterocycles. The second kappa shape index (κ2) is 5.29. The van der Waals surface area contributed by atoms with Gasteiger partial charge in [-0.15, -0.1) is 0 Å². The number of hydroxylamine groups is 1. The molecule has 0 radical (unpaired) electrons. The van der Waals surface area contributed by atoms with Crippen molar-refractivity contribution in [3.63, 3.8) is 0 Å². The number of hydrogen-bond donors (Lipinski definition) is 2. The van der Waals surface area contributed by atoms with Gasteiger partial charge in [-0.2, -0.15) is 0 Å². The molecule has 0 bridgehead atoms. The Hall–Kier alpha value is -0.650. The maximum absolute atomic E-state index is 10.8. The zero-order valence-electron chi connectivity index (χ0n) is 8.69. The van der Waals surface area contributed by atoms with E-state index in [0.717, 1.165) is 13.1 Å². The molecule has 0 aromatic heterocycles. The van der Waals surface area contributed by atoms with Crippen LogP contribution in [0.4, 0.5) is 0 Å². The van der Waals surface area contributed by atoms with Gasteiger partial charge in [0.25, 0.3) is 0 Å². The minimum absolute atomic E-state index is 0.218. The van der Waals surface area contributed by atoms with Gasteiger partial charge < -0.3 is 4.74 Å². The van der Waals surface area contributed by atoms with E-state index >= 15 is 0 Å². The first-order valence-electron chi connectivity index (χ1n) is 4.92. The first-order chi connectivity index (χ1) is 6.61. The van der Waals surface area contributed by atoms with Crippen molar-refractivity contribution in [2.24, 2.45) is 0 Å². The first-order valence-corrected chi connectivity index (χ1v) is 4.92.